The Hall–Kier alpha value is -3.02. The third kappa shape index (κ3) is 3.79. The number of fused-ring (bicyclic) bond motifs is 1. The molecule has 1 saturated carbocycles. The molecule has 0 radical (unpaired) electrons. The predicted octanol–water partition coefficient (Wildman–Crippen LogP) is 2.60. The van der Waals surface area contributed by atoms with Gasteiger partial charge in [0.15, 0.2) is 11.5 Å². The normalized spacial score (nSPS) is 18.1. The van der Waals surface area contributed by atoms with Crippen molar-refractivity contribution in [2.75, 3.05) is 18.5 Å². The predicted molar refractivity (Wildman–Crippen MR) is 96.5 cm³/mol. The van der Waals surface area contributed by atoms with Gasteiger partial charge in [0.1, 0.15) is 12.7 Å². The van der Waals surface area contributed by atoms with Crippen LogP contribution in [0, 0.1) is 5.92 Å². The molecule has 2 aromatic carbocycles. The molecular formula is C20H20N2O4. The lowest BCUT2D eigenvalue weighted by Crippen LogP contribution is -2.40. The molecule has 1 aliphatic carbocycles. The molecule has 4 rings (SSSR count). The van der Waals surface area contributed by atoms with Crippen LogP contribution in [0.4, 0.5) is 5.69 Å². The molecule has 1 heterocycles. The van der Waals surface area contributed by atoms with E-state index in [1.807, 2.05) is 24.3 Å². The van der Waals surface area contributed by atoms with Gasteiger partial charge in [0, 0.05) is 17.2 Å². The van der Waals surface area contributed by atoms with Gasteiger partial charge in [-0.1, -0.05) is 12.1 Å². The van der Waals surface area contributed by atoms with E-state index in [4.69, 9.17) is 9.47 Å². The zero-order valence-electron chi connectivity index (χ0n) is 14.2. The van der Waals surface area contributed by atoms with Gasteiger partial charge in [-0.05, 0) is 49.2 Å². The molecule has 0 bridgehead atoms. The number of carbonyl (C=O) groups is 2. The Kier molecular flexibility index (Phi) is 4.48. The first-order chi connectivity index (χ1) is 12.7. The number of amides is 2. The van der Waals surface area contributed by atoms with Crippen LogP contribution in [0.15, 0.2) is 48.5 Å². The van der Waals surface area contributed by atoms with Crippen molar-refractivity contribution in [3.8, 4) is 11.5 Å². The number of hydrogen-bond donors (Lipinski definition) is 2. The Labute approximate surface area is 151 Å². The number of ether oxygens (including phenoxy) is 2. The molecule has 0 unspecified atom stereocenters. The molecule has 6 heteroatoms. The molecule has 0 aromatic heterocycles. The van der Waals surface area contributed by atoms with Crippen LogP contribution in [0.5, 0.6) is 11.5 Å². The third-order valence-corrected chi connectivity index (χ3v) is 4.42. The van der Waals surface area contributed by atoms with E-state index in [1.54, 1.807) is 24.3 Å². The molecule has 1 fully saturated rings. The number of para-hydroxylation sites is 2. The van der Waals surface area contributed by atoms with E-state index in [0.717, 1.165) is 18.6 Å². The summed E-state index contributed by atoms with van der Waals surface area (Å²) in [5.41, 5.74) is 1.24. The monoisotopic (exact) mass is 352 g/mol. The molecule has 6 nitrogen and oxygen atoms in total. The van der Waals surface area contributed by atoms with Gasteiger partial charge < -0.3 is 20.1 Å². The van der Waals surface area contributed by atoms with Gasteiger partial charge in [-0.25, -0.2) is 0 Å². The molecule has 2 aliphatic rings. The van der Waals surface area contributed by atoms with Crippen LogP contribution in [-0.2, 0) is 4.79 Å². The second kappa shape index (κ2) is 7.07. The summed E-state index contributed by atoms with van der Waals surface area (Å²) in [5, 5.41) is 5.71. The van der Waals surface area contributed by atoms with Crippen molar-refractivity contribution in [1.82, 2.24) is 5.32 Å². The Morgan fingerprint density at radius 2 is 1.73 bits per heavy atom. The van der Waals surface area contributed by atoms with Gasteiger partial charge in [-0.3, -0.25) is 9.59 Å². The van der Waals surface area contributed by atoms with Gasteiger partial charge in [0.2, 0.25) is 5.91 Å². The SMILES string of the molecule is O=C(NC[C@H]1COc2ccccc2O1)c1ccc(NC(=O)C2CC2)cc1. The number of hydrogen-bond acceptors (Lipinski definition) is 4. The average molecular weight is 352 g/mol. The van der Waals surface area contributed by atoms with Crippen molar-refractivity contribution in [2.45, 2.75) is 18.9 Å². The van der Waals surface area contributed by atoms with Gasteiger partial charge in [-0.15, -0.1) is 0 Å². The minimum Gasteiger partial charge on any atom is -0.486 e. The van der Waals surface area contributed by atoms with E-state index in [2.05, 4.69) is 10.6 Å². The van der Waals surface area contributed by atoms with Crippen molar-refractivity contribution >= 4 is 17.5 Å². The highest BCUT2D eigenvalue weighted by molar-refractivity contribution is 5.96. The first-order valence-corrected chi connectivity index (χ1v) is 8.76. The standard InChI is InChI=1S/C20H20N2O4/c23-19(13-7-9-15(10-8-13)22-20(24)14-5-6-14)21-11-16-12-25-17-3-1-2-4-18(17)26-16/h1-4,7-10,14,16H,5-6,11-12H2,(H,21,23)(H,22,24)/t16-/m0/s1. The van der Waals surface area contributed by atoms with Crippen molar-refractivity contribution in [1.29, 1.82) is 0 Å². The summed E-state index contributed by atoms with van der Waals surface area (Å²) >= 11 is 0. The van der Waals surface area contributed by atoms with Crippen molar-refractivity contribution in [2.24, 2.45) is 5.92 Å². The minimum absolute atomic E-state index is 0.0527. The fourth-order valence-electron chi connectivity index (χ4n) is 2.77. The maximum atomic E-state index is 12.3. The van der Waals surface area contributed by atoms with E-state index in [9.17, 15) is 9.59 Å². The number of rotatable bonds is 5. The lowest BCUT2D eigenvalue weighted by Gasteiger charge is -2.26. The van der Waals surface area contributed by atoms with E-state index >= 15 is 0 Å². The maximum Gasteiger partial charge on any atom is 0.251 e. The third-order valence-electron chi connectivity index (χ3n) is 4.42. The summed E-state index contributed by atoms with van der Waals surface area (Å²) in [7, 11) is 0. The second-order valence-corrected chi connectivity index (χ2v) is 6.55. The lowest BCUT2D eigenvalue weighted by atomic mass is 10.2. The molecule has 2 N–H and O–H groups in total. The molecule has 1 aliphatic heterocycles. The Balaban J connectivity index is 1.29. The highest BCUT2D eigenvalue weighted by Gasteiger charge is 2.29. The number of nitrogens with one attached hydrogen (secondary N) is 2. The summed E-state index contributed by atoms with van der Waals surface area (Å²) < 4.78 is 11.5. The topological polar surface area (TPSA) is 76.7 Å². The molecule has 0 saturated heterocycles. The summed E-state index contributed by atoms with van der Waals surface area (Å²) in [6, 6.07) is 14.4. The van der Waals surface area contributed by atoms with Gasteiger partial charge >= 0.3 is 0 Å². The van der Waals surface area contributed by atoms with Crippen LogP contribution < -0.4 is 20.1 Å². The zero-order chi connectivity index (χ0) is 17.9. The van der Waals surface area contributed by atoms with Gasteiger partial charge in [0.05, 0.1) is 6.54 Å². The van der Waals surface area contributed by atoms with Gasteiger partial charge in [-0.2, -0.15) is 0 Å². The Morgan fingerprint density at radius 1 is 1.00 bits per heavy atom. The van der Waals surface area contributed by atoms with Crippen LogP contribution in [0.3, 0.4) is 0 Å². The number of carbonyl (C=O) groups excluding carboxylic acids is 2. The van der Waals surface area contributed by atoms with E-state index in [0.29, 0.717) is 30.2 Å². The minimum atomic E-state index is -0.231. The highest BCUT2D eigenvalue weighted by atomic mass is 16.6. The first kappa shape index (κ1) is 16.4. The van der Waals surface area contributed by atoms with Crippen LogP contribution in [0.25, 0.3) is 0 Å². The smallest absolute Gasteiger partial charge is 0.251 e. The van der Waals surface area contributed by atoms with Crippen LogP contribution >= 0.6 is 0 Å². The highest BCUT2D eigenvalue weighted by Crippen LogP contribution is 2.31. The van der Waals surface area contributed by atoms with Gasteiger partial charge in [0.25, 0.3) is 5.91 Å². The number of anilines is 1. The summed E-state index contributed by atoms with van der Waals surface area (Å²) in [6.45, 7) is 0.747. The summed E-state index contributed by atoms with van der Waals surface area (Å²) in [6.07, 6.45) is 1.69. The molecule has 26 heavy (non-hydrogen) atoms. The Bertz CT molecular complexity index is 815. The van der Waals surface area contributed by atoms with Crippen molar-refractivity contribution in [3.63, 3.8) is 0 Å². The summed E-state index contributed by atoms with van der Waals surface area (Å²) in [4.78, 5) is 24.0. The van der Waals surface area contributed by atoms with Crippen LogP contribution in [0.2, 0.25) is 0 Å². The van der Waals surface area contributed by atoms with E-state index in [-0.39, 0.29) is 23.8 Å². The molecular weight excluding hydrogens is 332 g/mol. The fraction of sp³-hybridized carbons (Fsp3) is 0.300. The second-order valence-electron chi connectivity index (χ2n) is 6.55. The molecule has 1 atom stereocenters. The van der Waals surface area contributed by atoms with Crippen molar-refractivity contribution in [3.05, 3.63) is 54.1 Å². The van der Waals surface area contributed by atoms with E-state index in [1.165, 1.54) is 0 Å². The molecule has 2 amide bonds. The largest absolute Gasteiger partial charge is 0.486 e. The average Bonchev–Trinajstić information content (AvgIpc) is 3.52. The molecule has 134 valence electrons. The fourth-order valence-corrected chi connectivity index (χ4v) is 2.77. The summed E-state index contributed by atoms with van der Waals surface area (Å²) in [5.74, 6) is 1.43. The van der Waals surface area contributed by atoms with Crippen LogP contribution in [-0.4, -0.2) is 31.1 Å². The molecule has 0 spiro atoms. The molecule has 2 aromatic rings. The van der Waals surface area contributed by atoms with Crippen molar-refractivity contribution < 1.29 is 19.1 Å². The Morgan fingerprint density at radius 3 is 2.46 bits per heavy atom. The zero-order valence-corrected chi connectivity index (χ0v) is 14.2. The number of benzene rings is 2. The maximum absolute atomic E-state index is 12.3. The quantitative estimate of drug-likeness (QED) is 0.867. The van der Waals surface area contributed by atoms with E-state index < -0.39 is 0 Å². The van der Waals surface area contributed by atoms with Crippen LogP contribution in [0.1, 0.15) is 23.2 Å². The lowest BCUT2D eigenvalue weighted by molar-refractivity contribution is -0.117. The first-order valence-electron chi connectivity index (χ1n) is 8.76.